The van der Waals surface area contributed by atoms with Crippen LogP contribution in [0.1, 0.15) is 11.1 Å². The summed E-state index contributed by atoms with van der Waals surface area (Å²) in [6, 6.07) is 11.8. The Balaban J connectivity index is 1.44. The maximum absolute atomic E-state index is 12.3. The zero-order chi connectivity index (χ0) is 18.4. The maximum atomic E-state index is 12.3. The van der Waals surface area contributed by atoms with Gasteiger partial charge in [0.2, 0.25) is 11.8 Å². The molecule has 0 aliphatic carbocycles. The number of methoxy groups -OCH3 is 1. The first-order valence-electron chi connectivity index (χ1n) is 8.93. The van der Waals surface area contributed by atoms with Crippen molar-refractivity contribution in [3.05, 3.63) is 53.7 Å². The average molecular weight is 354 g/mol. The molecule has 2 heterocycles. The molecule has 0 unspecified atom stereocenters. The van der Waals surface area contributed by atoms with E-state index in [4.69, 9.17) is 4.74 Å². The molecule has 0 radical (unpaired) electrons. The highest BCUT2D eigenvalue weighted by Gasteiger charge is 2.19. The number of piperazine rings is 1. The van der Waals surface area contributed by atoms with Gasteiger partial charge in [0.05, 0.1) is 13.7 Å². The summed E-state index contributed by atoms with van der Waals surface area (Å²) in [5.74, 6) is 0.695. The number of anilines is 1. The Morgan fingerprint density at radius 1 is 1.15 bits per heavy atom. The van der Waals surface area contributed by atoms with Crippen molar-refractivity contribution in [1.29, 1.82) is 0 Å². The molecule has 6 heteroatoms. The maximum Gasteiger partial charge on any atom is 0.238 e. The van der Waals surface area contributed by atoms with Crippen molar-refractivity contribution >= 4 is 11.6 Å². The number of hydrogen-bond acceptors (Lipinski definition) is 5. The lowest BCUT2D eigenvalue weighted by molar-refractivity contribution is -0.117. The molecule has 0 atom stereocenters. The van der Waals surface area contributed by atoms with E-state index in [1.54, 1.807) is 13.3 Å². The fourth-order valence-corrected chi connectivity index (χ4v) is 3.13. The third-order valence-corrected chi connectivity index (χ3v) is 4.67. The lowest BCUT2D eigenvalue weighted by Gasteiger charge is -2.34. The van der Waals surface area contributed by atoms with Crippen LogP contribution in [0.25, 0.3) is 0 Å². The van der Waals surface area contributed by atoms with Crippen molar-refractivity contribution in [1.82, 2.24) is 14.8 Å². The van der Waals surface area contributed by atoms with Gasteiger partial charge in [0.15, 0.2) is 0 Å². The molecule has 3 rings (SSSR count). The number of nitrogens with one attached hydrogen (secondary N) is 1. The zero-order valence-corrected chi connectivity index (χ0v) is 15.4. The molecule has 1 aliphatic heterocycles. The van der Waals surface area contributed by atoms with Gasteiger partial charge in [-0.3, -0.25) is 14.6 Å². The Kier molecular flexibility index (Phi) is 6.20. The standard InChI is InChI=1S/C20H26N4O2/c1-16-5-3-4-6-18(16)22-19(25)15-24-11-9-23(10-12-24)14-17-7-8-21-20(13-17)26-2/h3-8,13H,9-12,14-15H2,1-2H3,(H,22,25). The summed E-state index contributed by atoms with van der Waals surface area (Å²) in [6.45, 7) is 6.99. The number of pyridine rings is 1. The van der Waals surface area contributed by atoms with Crippen LogP contribution in [0.5, 0.6) is 5.88 Å². The average Bonchev–Trinajstić information content (AvgIpc) is 2.65. The monoisotopic (exact) mass is 354 g/mol. The van der Waals surface area contributed by atoms with Crippen LogP contribution in [0.15, 0.2) is 42.6 Å². The van der Waals surface area contributed by atoms with Gasteiger partial charge in [-0.25, -0.2) is 4.98 Å². The molecule has 1 aliphatic rings. The van der Waals surface area contributed by atoms with Gasteiger partial charge in [0.1, 0.15) is 0 Å². The second kappa shape index (κ2) is 8.78. The Morgan fingerprint density at radius 3 is 2.62 bits per heavy atom. The minimum atomic E-state index is 0.0478. The van der Waals surface area contributed by atoms with Crippen molar-refractivity contribution in [2.75, 3.05) is 45.2 Å². The summed E-state index contributed by atoms with van der Waals surface area (Å²) < 4.78 is 5.18. The van der Waals surface area contributed by atoms with Gasteiger partial charge in [0.25, 0.3) is 0 Å². The summed E-state index contributed by atoms with van der Waals surface area (Å²) in [4.78, 5) is 21.0. The van der Waals surface area contributed by atoms with Crippen LogP contribution in [0.3, 0.4) is 0 Å². The van der Waals surface area contributed by atoms with E-state index < -0.39 is 0 Å². The smallest absolute Gasteiger partial charge is 0.238 e. The Labute approximate surface area is 154 Å². The fourth-order valence-electron chi connectivity index (χ4n) is 3.13. The van der Waals surface area contributed by atoms with E-state index in [-0.39, 0.29) is 5.91 Å². The SMILES string of the molecule is COc1cc(CN2CCN(CC(=O)Nc3ccccc3C)CC2)ccn1. The Morgan fingerprint density at radius 2 is 1.88 bits per heavy atom. The number of amides is 1. The molecule has 2 aromatic rings. The van der Waals surface area contributed by atoms with Gasteiger partial charge in [-0.1, -0.05) is 18.2 Å². The molecule has 1 aromatic carbocycles. The number of aromatic nitrogens is 1. The van der Waals surface area contributed by atoms with Gasteiger partial charge >= 0.3 is 0 Å². The number of para-hydroxylation sites is 1. The number of carbonyl (C=O) groups excluding carboxylic acids is 1. The molecule has 6 nitrogen and oxygen atoms in total. The third-order valence-electron chi connectivity index (χ3n) is 4.67. The van der Waals surface area contributed by atoms with E-state index in [0.29, 0.717) is 12.4 Å². The highest BCUT2D eigenvalue weighted by molar-refractivity contribution is 5.92. The number of benzene rings is 1. The van der Waals surface area contributed by atoms with E-state index in [9.17, 15) is 4.79 Å². The summed E-state index contributed by atoms with van der Waals surface area (Å²) in [5.41, 5.74) is 3.17. The lowest BCUT2D eigenvalue weighted by Crippen LogP contribution is -2.48. The number of carbonyl (C=O) groups is 1. The van der Waals surface area contributed by atoms with Gasteiger partial charge in [-0.2, -0.15) is 0 Å². The highest BCUT2D eigenvalue weighted by atomic mass is 16.5. The zero-order valence-electron chi connectivity index (χ0n) is 15.4. The fraction of sp³-hybridized carbons (Fsp3) is 0.400. The minimum absolute atomic E-state index is 0.0478. The van der Waals surface area contributed by atoms with Crippen molar-refractivity contribution in [2.24, 2.45) is 0 Å². The third kappa shape index (κ3) is 5.03. The first kappa shape index (κ1) is 18.4. The van der Waals surface area contributed by atoms with Crippen LogP contribution in [0, 0.1) is 6.92 Å². The van der Waals surface area contributed by atoms with Crippen LogP contribution in [-0.2, 0) is 11.3 Å². The van der Waals surface area contributed by atoms with Crippen molar-refractivity contribution < 1.29 is 9.53 Å². The largest absolute Gasteiger partial charge is 0.481 e. The first-order chi connectivity index (χ1) is 12.6. The van der Waals surface area contributed by atoms with Gasteiger partial charge in [0, 0.05) is 50.7 Å². The minimum Gasteiger partial charge on any atom is -0.481 e. The molecule has 1 fully saturated rings. The van der Waals surface area contributed by atoms with Gasteiger partial charge in [-0.05, 0) is 30.2 Å². The molecule has 0 bridgehead atoms. The highest BCUT2D eigenvalue weighted by Crippen LogP contribution is 2.14. The summed E-state index contributed by atoms with van der Waals surface area (Å²) in [6.07, 6.45) is 1.78. The van der Waals surface area contributed by atoms with Gasteiger partial charge < -0.3 is 10.1 Å². The first-order valence-corrected chi connectivity index (χ1v) is 8.93. The molecule has 1 N–H and O–H groups in total. The molecule has 1 amide bonds. The van der Waals surface area contributed by atoms with E-state index in [1.807, 2.05) is 43.3 Å². The summed E-state index contributed by atoms with van der Waals surface area (Å²) in [7, 11) is 1.63. The van der Waals surface area contributed by atoms with E-state index in [0.717, 1.165) is 44.0 Å². The predicted octanol–water partition coefficient (Wildman–Crippen LogP) is 2.15. The van der Waals surface area contributed by atoms with Crippen molar-refractivity contribution in [2.45, 2.75) is 13.5 Å². The normalized spacial score (nSPS) is 15.6. The predicted molar refractivity (Wildman–Crippen MR) is 102 cm³/mol. The topological polar surface area (TPSA) is 57.7 Å². The van der Waals surface area contributed by atoms with Crippen LogP contribution in [0.4, 0.5) is 5.69 Å². The Bertz CT molecular complexity index is 742. The molecule has 26 heavy (non-hydrogen) atoms. The van der Waals surface area contributed by atoms with E-state index in [1.165, 1.54) is 5.56 Å². The van der Waals surface area contributed by atoms with Crippen molar-refractivity contribution in [3.63, 3.8) is 0 Å². The Hall–Kier alpha value is -2.44. The number of rotatable bonds is 6. The van der Waals surface area contributed by atoms with Crippen LogP contribution < -0.4 is 10.1 Å². The summed E-state index contributed by atoms with van der Waals surface area (Å²) >= 11 is 0. The van der Waals surface area contributed by atoms with Gasteiger partial charge in [-0.15, -0.1) is 0 Å². The summed E-state index contributed by atoms with van der Waals surface area (Å²) in [5, 5.41) is 3.01. The molecular weight excluding hydrogens is 328 g/mol. The molecule has 138 valence electrons. The molecule has 0 spiro atoms. The second-order valence-corrected chi connectivity index (χ2v) is 6.62. The second-order valence-electron chi connectivity index (χ2n) is 6.62. The number of nitrogens with zero attached hydrogens (tertiary/aromatic N) is 3. The lowest BCUT2D eigenvalue weighted by atomic mass is 10.2. The quantitative estimate of drug-likeness (QED) is 0.861. The number of hydrogen-bond donors (Lipinski definition) is 1. The molecule has 1 aromatic heterocycles. The van der Waals surface area contributed by atoms with E-state index in [2.05, 4.69) is 20.1 Å². The van der Waals surface area contributed by atoms with E-state index >= 15 is 0 Å². The number of aryl methyl sites for hydroxylation is 1. The van der Waals surface area contributed by atoms with Crippen LogP contribution in [0.2, 0.25) is 0 Å². The van der Waals surface area contributed by atoms with Crippen LogP contribution in [-0.4, -0.2) is 60.5 Å². The molecule has 1 saturated heterocycles. The van der Waals surface area contributed by atoms with Crippen molar-refractivity contribution in [3.8, 4) is 5.88 Å². The molecular formula is C20H26N4O2. The van der Waals surface area contributed by atoms with Crippen LogP contribution >= 0.6 is 0 Å². The number of ether oxygens (including phenoxy) is 1. The molecule has 0 saturated carbocycles.